The van der Waals surface area contributed by atoms with E-state index >= 15 is 0 Å². The molecule has 1 aliphatic rings. The Kier molecular flexibility index (Phi) is 6.25. The molecule has 0 unspecified atom stereocenters. The lowest BCUT2D eigenvalue weighted by molar-refractivity contribution is -0.131. The van der Waals surface area contributed by atoms with E-state index in [1.54, 1.807) is 29.2 Å². The summed E-state index contributed by atoms with van der Waals surface area (Å²) in [5, 5.41) is 31.5. The standard InChI is InChI=1S/C30H27NO4/c32-24-13-7-10-21(18-24)22-14-15-25(28(34)19-22)29-26(16-17-27(33)20-8-3-1-4-9-20)30(35)31(29)23-11-5-2-6-12-23/h1-15,18-19,26-27,29,32-34H,16-17H2/t26-,27+,29-/m1/s1. The number of hydrogen-bond donors (Lipinski definition) is 3. The van der Waals surface area contributed by atoms with Gasteiger partial charge >= 0.3 is 0 Å². The average molecular weight is 466 g/mol. The number of phenols is 2. The van der Waals surface area contributed by atoms with Gasteiger partial charge in [0, 0.05) is 11.3 Å². The molecule has 0 radical (unpaired) electrons. The molecule has 3 atom stereocenters. The molecule has 0 saturated carbocycles. The summed E-state index contributed by atoms with van der Waals surface area (Å²) in [6, 6.07) is 30.8. The molecule has 5 rings (SSSR count). The van der Waals surface area contributed by atoms with Crippen LogP contribution in [0.5, 0.6) is 11.5 Å². The maximum Gasteiger partial charge on any atom is 0.233 e. The number of carbonyl (C=O) groups excluding carboxylic acids is 1. The van der Waals surface area contributed by atoms with Crippen molar-refractivity contribution in [3.8, 4) is 22.6 Å². The van der Waals surface area contributed by atoms with E-state index in [1.807, 2.05) is 78.9 Å². The lowest BCUT2D eigenvalue weighted by atomic mass is 9.77. The van der Waals surface area contributed by atoms with Gasteiger partial charge in [0.15, 0.2) is 0 Å². The molecule has 0 bridgehead atoms. The minimum absolute atomic E-state index is 0.0158. The van der Waals surface area contributed by atoms with E-state index in [-0.39, 0.29) is 29.4 Å². The Morgan fingerprint density at radius 2 is 1.46 bits per heavy atom. The van der Waals surface area contributed by atoms with Gasteiger partial charge in [-0.3, -0.25) is 4.79 Å². The Morgan fingerprint density at radius 1 is 0.771 bits per heavy atom. The molecule has 1 fully saturated rings. The molecule has 0 aromatic heterocycles. The molecule has 35 heavy (non-hydrogen) atoms. The van der Waals surface area contributed by atoms with Gasteiger partial charge in [0.1, 0.15) is 11.5 Å². The molecule has 1 amide bonds. The third kappa shape index (κ3) is 4.51. The monoisotopic (exact) mass is 465 g/mol. The smallest absolute Gasteiger partial charge is 0.233 e. The topological polar surface area (TPSA) is 81.0 Å². The number of nitrogens with zero attached hydrogens (tertiary/aromatic N) is 1. The largest absolute Gasteiger partial charge is 0.508 e. The minimum atomic E-state index is -0.655. The van der Waals surface area contributed by atoms with Crippen LogP contribution in [0.1, 0.15) is 36.1 Å². The number of β-lactam (4-membered cyclic amide) rings is 1. The van der Waals surface area contributed by atoms with E-state index in [0.717, 1.165) is 22.4 Å². The molecular weight excluding hydrogens is 438 g/mol. The average Bonchev–Trinajstić information content (AvgIpc) is 2.88. The number of phenolic OH excluding ortho intramolecular Hbond substituents is 2. The number of aromatic hydroxyl groups is 2. The molecule has 5 nitrogen and oxygen atoms in total. The second-order valence-corrected chi connectivity index (χ2v) is 8.92. The van der Waals surface area contributed by atoms with Gasteiger partial charge in [-0.25, -0.2) is 0 Å². The van der Waals surface area contributed by atoms with Crippen LogP contribution < -0.4 is 4.90 Å². The van der Waals surface area contributed by atoms with Crippen molar-refractivity contribution in [3.05, 3.63) is 114 Å². The molecule has 0 spiro atoms. The Bertz CT molecular complexity index is 1320. The van der Waals surface area contributed by atoms with E-state index in [0.29, 0.717) is 18.4 Å². The summed E-state index contributed by atoms with van der Waals surface area (Å²) >= 11 is 0. The van der Waals surface area contributed by atoms with Crippen molar-refractivity contribution in [3.63, 3.8) is 0 Å². The predicted molar refractivity (Wildman–Crippen MR) is 136 cm³/mol. The molecule has 1 heterocycles. The third-order valence-corrected chi connectivity index (χ3v) is 6.71. The van der Waals surface area contributed by atoms with Crippen LogP contribution in [0.2, 0.25) is 0 Å². The second kappa shape index (κ2) is 9.65. The molecule has 3 N–H and O–H groups in total. The lowest BCUT2D eigenvalue weighted by Gasteiger charge is -2.48. The quantitative estimate of drug-likeness (QED) is 0.293. The highest BCUT2D eigenvalue weighted by molar-refractivity contribution is 6.03. The fraction of sp³-hybridized carbons (Fsp3) is 0.167. The molecule has 5 heteroatoms. The maximum atomic E-state index is 13.3. The Hall–Kier alpha value is -4.09. The first-order valence-corrected chi connectivity index (χ1v) is 11.8. The first kappa shape index (κ1) is 22.7. The van der Waals surface area contributed by atoms with Crippen molar-refractivity contribution in [2.45, 2.75) is 25.0 Å². The van der Waals surface area contributed by atoms with Gasteiger partial charge in [0.25, 0.3) is 0 Å². The van der Waals surface area contributed by atoms with E-state index < -0.39 is 6.10 Å². The Morgan fingerprint density at radius 3 is 2.14 bits per heavy atom. The zero-order chi connectivity index (χ0) is 24.4. The van der Waals surface area contributed by atoms with Gasteiger partial charge in [-0.1, -0.05) is 72.8 Å². The summed E-state index contributed by atoms with van der Waals surface area (Å²) < 4.78 is 0. The van der Waals surface area contributed by atoms with Crippen molar-refractivity contribution < 1.29 is 20.1 Å². The summed E-state index contributed by atoms with van der Waals surface area (Å²) in [5.74, 6) is -0.121. The van der Waals surface area contributed by atoms with Gasteiger partial charge in [-0.2, -0.15) is 0 Å². The van der Waals surface area contributed by atoms with Crippen molar-refractivity contribution in [1.29, 1.82) is 0 Å². The highest BCUT2D eigenvalue weighted by Crippen LogP contribution is 2.49. The van der Waals surface area contributed by atoms with Crippen LogP contribution in [-0.2, 0) is 4.79 Å². The number of benzene rings is 4. The number of anilines is 1. The summed E-state index contributed by atoms with van der Waals surface area (Å²) in [4.78, 5) is 15.0. The van der Waals surface area contributed by atoms with Crippen molar-refractivity contribution in [1.82, 2.24) is 0 Å². The SMILES string of the molecule is O=C1[C@H](CC[C@H](O)c2ccccc2)[C@@H](c2ccc(-c3cccc(O)c3)cc2O)N1c1ccccc1. The van der Waals surface area contributed by atoms with Crippen LogP contribution in [-0.4, -0.2) is 21.2 Å². The zero-order valence-corrected chi connectivity index (χ0v) is 19.2. The van der Waals surface area contributed by atoms with Crippen LogP contribution in [0.3, 0.4) is 0 Å². The van der Waals surface area contributed by atoms with Crippen molar-refractivity contribution in [2.75, 3.05) is 4.90 Å². The Balaban J connectivity index is 1.44. The molecule has 4 aromatic carbocycles. The first-order chi connectivity index (χ1) is 17.0. The van der Waals surface area contributed by atoms with Crippen LogP contribution in [0.4, 0.5) is 5.69 Å². The zero-order valence-electron chi connectivity index (χ0n) is 19.2. The molecule has 176 valence electrons. The van der Waals surface area contributed by atoms with Crippen molar-refractivity contribution in [2.24, 2.45) is 5.92 Å². The third-order valence-electron chi connectivity index (χ3n) is 6.71. The normalized spacial score (nSPS) is 18.2. The van der Waals surface area contributed by atoms with Gasteiger partial charge in [-0.05, 0) is 59.9 Å². The van der Waals surface area contributed by atoms with Crippen LogP contribution in [0, 0.1) is 5.92 Å². The Labute approximate surface area is 204 Å². The van der Waals surface area contributed by atoms with E-state index in [1.165, 1.54) is 0 Å². The van der Waals surface area contributed by atoms with Crippen molar-refractivity contribution >= 4 is 11.6 Å². The summed E-state index contributed by atoms with van der Waals surface area (Å²) in [6.07, 6.45) is 0.287. The second-order valence-electron chi connectivity index (χ2n) is 8.92. The number of amides is 1. The molecule has 1 saturated heterocycles. The van der Waals surface area contributed by atoms with Gasteiger partial charge in [0.2, 0.25) is 5.91 Å². The number of hydrogen-bond acceptors (Lipinski definition) is 4. The van der Waals surface area contributed by atoms with Gasteiger partial charge < -0.3 is 20.2 Å². The van der Waals surface area contributed by atoms with Crippen LogP contribution in [0.15, 0.2) is 103 Å². The number of para-hydroxylation sites is 1. The fourth-order valence-electron chi connectivity index (χ4n) is 4.90. The van der Waals surface area contributed by atoms with E-state index in [4.69, 9.17) is 0 Å². The van der Waals surface area contributed by atoms with Crippen LogP contribution >= 0.6 is 0 Å². The summed E-state index contributed by atoms with van der Waals surface area (Å²) in [7, 11) is 0. The summed E-state index contributed by atoms with van der Waals surface area (Å²) in [6.45, 7) is 0. The molecule has 0 aliphatic carbocycles. The number of carbonyl (C=O) groups is 1. The highest BCUT2D eigenvalue weighted by Gasteiger charge is 2.49. The minimum Gasteiger partial charge on any atom is -0.508 e. The van der Waals surface area contributed by atoms with E-state index in [2.05, 4.69) is 0 Å². The fourth-order valence-corrected chi connectivity index (χ4v) is 4.90. The van der Waals surface area contributed by atoms with Gasteiger partial charge in [-0.15, -0.1) is 0 Å². The number of aliphatic hydroxyl groups excluding tert-OH is 1. The summed E-state index contributed by atoms with van der Waals surface area (Å²) in [5.41, 5.74) is 3.83. The number of aliphatic hydroxyl groups is 1. The molecule has 1 aliphatic heterocycles. The highest BCUT2D eigenvalue weighted by atomic mass is 16.3. The van der Waals surface area contributed by atoms with Crippen LogP contribution in [0.25, 0.3) is 11.1 Å². The number of rotatable bonds is 7. The van der Waals surface area contributed by atoms with Gasteiger partial charge in [0.05, 0.1) is 18.1 Å². The van der Waals surface area contributed by atoms with E-state index in [9.17, 15) is 20.1 Å². The molecular formula is C30H27NO4. The maximum absolute atomic E-state index is 13.3. The lowest BCUT2D eigenvalue weighted by Crippen LogP contribution is -2.55. The first-order valence-electron chi connectivity index (χ1n) is 11.8. The predicted octanol–water partition coefficient (Wildman–Crippen LogP) is 5.98. The molecule has 4 aromatic rings.